The molecule has 0 spiro atoms. The minimum absolute atomic E-state index is 0.672. The number of ether oxygens (including phenoxy) is 1. The summed E-state index contributed by atoms with van der Waals surface area (Å²) in [5.74, 6) is 0.680. The van der Waals surface area contributed by atoms with Gasteiger partial charge in [0.15, 0.2) is 0 Å². The zero-order chi connectivity index (χ0) is 13.4. The van der Waals surface area contributed by atoms with Gasteiger partial charge in [-0.3, -0.25) is 0 Å². The van der Waals surface area contributed by atoms with Crippen LogP contribution in [0, 0.1) is 24.2 Å². The van der Waals surface area contributed by atoms with Crippen LogP contribution in [0.4, 0.5) is 5.69 Å². The number of benzene rings is 1. The summed E-state index contributed by atoms with van der Waals surface area (Å²) < 4.78 is 5.52. The molecular formula is C15H22N2O. The van der Waals surface area contributed by atoms with Crippen LogP contribution in [0.2, 0.25) is 0 Å². The topological polar surface area (TPSA) is 45.0 Å². The Labute approximate surface area is 110 Å². The van der Waals surface area contributed by atoms with E-state index in [9.17, 15) is 0 Å². The molecule has 1 rings (SSSR count). The fraction of sp³-hybridized carbons (Fsp3) is 0.533. The van der Waals surface area contributed by atoms with Crippen molar-refractivity contribution in [1.82, 2.24) is 0 Å². The summed E-state index contributed by atoms with van der Waals surface area (Å²) in [5, 5.41) is 12.3. The molecule has 1 aromatic carbocycles. The maximum atomic E-state index is 9.08. The van der Waals surface area contributed by atoms with Gasteiger partial charge in [-0.2, -0.15) is 5.26 Å². The Morgan fingerprint density at radius 3 is 2.78 bits per heavy atom. The first-order valence-electron chi connectivity index (χ1n) is 6.46. The lowest BCUT2D eigenvalue weighted by atomic mass is 10.1. The van der Waals surface area contributed by atoms with Gasteiger partial charge in [0, 0.05) is 13.2 Å². The summed E-state index contributed by atoms with van der Waals surface area (Å²) in [7, 11) is 0. The van der Waals surface area contributed by atoms with E-state index < -0.39 is 0 Å². The van der Waals surface area contributed by atoms with Gasteiger partial charge >= 0.3 is 0 Å². The highest BCUT2D eigenvalue weighted by Crippen LogP contribution is 2.17. The lowest BCUT2D eigenvalue weighted by Gasteiger charge is -2.10. The van der Waals surface area contributed by atoms with Crippen molar-refractivity contribution < 1.29 is 4.74 Å². The third-order valence-corrected chi connectivity index (χ3v) is 2.79. The van der Waals surface area contributed by atoms with E-state index >= 15 is 0 Å². The Morgan fingerprint density at radius 2 is 2.11 bits per heavy atom. The number of nitriles is 1. The van der Waals surface area contributed by atoms with E-state index in [1.54, 1.807) is 0 Å². The van der Waals surface area contributed by atoms with E-state index in [-0.39, 0.29) is 0 Å². The second-order valence-corrected chi connectivity index (χ2v) is 4.83. The van der Waals surface area contributed by atoms with E-state index in [1.165, 1.54) is 0 Å². The standard InChI is InChI=1S/C15H22N2O/c1-12(2)7-9-18-10-8-17-15-6-4-5-13(3)14(15)11-16/h4-6,12,17H,7-10H2,1-3H3. The van der Waals surface area contributed by atoms with Crippen LogP contribution in [0.15, 0.2) is 18.2 Å². The van der Waals surface area contributed by atoms with E-state index in [2.05, 4.69) is 25.2 Å². The molecular weight excluding hydrogens is 224 g/mol. The minimum atomic E-state index is 0.672. The summed E-state index contributed by atoms with van der Waals surface area (Å²) in [6, 6.07) is 8.06. The SMILES string of the molecule is Cc1cccc(NCCOCCC(C)C)c1C#N. The Morgan fingerprint density at radius 1 is 1.33 bits per heavy atom. The minimum Gasteiger partial charge on any atom is -0.382 e. The lowest BCUT2D eigenvalue weighted by Crippen LogP contribution is -2.11. The van der Waals surface area contributed by atoms with Crippen molar-refractivity contribution in [3.05, 3.63) is 29.3 Å². The molecule has 0 fully saturated rings. The maximum absolute atomic E-state index is 9.08. The van der Waals surface area contributed by atoms with Crippen LogP contribution in [0.25, 0.3) is 0 Å². The van der Waals surface area contributed by atoms with Crippen LogP contribution < -0.4 is 5.32 Å². The molecule has 3 heteroatoms. The maximum Gasteiger partial charge on any atom is 0.102 e. The molecule has 1 N–H and O–H groups in total. The highest BCUT2D eigenvalue weighted by Gasteiger charge is 2.03. The molecule has 3 nitrogen and oxygen atoms in total. The first-order chi connectivity index (χ1) is 8.65. The van der Waals surface area contributed by atoms with Crippen LogP contribution >= 0.6 is 0 Å². The number of nitrogens with zero attached hydrogens (tertiary/aromatic N) is 1. The average molecular weight is 246 g/mol. The van der Waals surface area contributed by atoms with Gasteiger partial charge < -0.3 is 10.1 Å². The van der Waals surface area contributed by atoms with Crippen LogP contribution in [-0.2, 0) is 4.74 Å². The van der Waals surface area contributed by atoms with Crippen molar-refractivity contribution in [2.24, 2.45) is 5.92 Å². The number of hydrogen-bond acceptors (Lipinski definition) is 3. The monoisotopic (exact) mass is 246 g/mol. The Kier molecular flexibility index (Phi) is 6.24. The van der Waals surface area contributed by atoms with Crippen molar-refractivity contribution in [2.45, 2.75) is 27.2 Å². The second-order valence-electron chi connectivity index (χ2n) is 4.83. The summed E-state index contributed by atoms with van der Waals surface area (Å²) in [6.07, 6.45) is 1.09. The third-order valence-electron chi connectivity index (χ3n) is 2.79. The number of hydrogen-bond donors (Lipinski definition) is 1. The molecule has 0 atom stereocenters. The van der Waals surface area contributed by atoms with Gasteiger partial charge in [0.1, 0.15) is 6.07 Å². The number of nitrogens with one attached hydrogen (secondary N) is 1. The molecule has 98 valence electrons. The molecule has 0 aromatic heterocycles. The van der Waals surface area contributed by atoms with Crippen LogP contribution in [0.5, 0.6) is 0 Å². The summed E-state index contributed by atoms with van der Waals surface area (Å²) >= 11 is 0. The molecule has 0 saturated heterocycles. The van der Waals surface area contributed by atoms with E-state index in [4.69, 9.17) is 10.00 Å². The van der Waals surface area contributed by atoms with Crippen LogP contribution in [-0.4, -0.2) is 19.8 Å². The summed E-state index contributed by atoms with van der Waals surface area (Å²) in [4.78, 5) is 0. The van der Waals surface area contributed by atoms with Crippen molar-refractivity contribution >= 4 is 5.69 Å². The molecule has 0 aliphatic carbocycles. The van der Waals surface area contributed by atoms with Gasteiger partial charge in [0.25, 0.3) is 0 Å². The molecule has 1 aromatic rings. The fourth-order valence-electron chi connectivity index (χ4n) is 1.64. The molecule has 0 radical (unpaired) electrons. The average Bonchev–Trinajstić information content (AvgIpc) is 2.33. The Balaban J connectivity index is 2.32. The predicted octanol–water partition coefficient (Wildman–Crippen LogP) is 3.34. The van der Waals surface area contributed by atoms with Crippen molar-refractivity contribution in [3.63, 3.8) is 0 Å². The lowest BCUT2D eigenvalue weighted by molar-refractivity contribution is 0.132. The summed E-state index contributed by atoms with van der Waals surface area (Å²) in [5.41, 5.74) is 2.62. The van der Waals surface area contributed by atoms with Crippen molar-refractivity contribution in [1.29, 1.82) is 5.26 Å². The Hall–Kier alpha value is -1.53. The van der Waals surface area contributed by atoms with Crippen LogP contribution in [0.1, 0.15) is 31.4 Å². The van der Waals surface area contributed by atoms with Gasteiger partial charge in [0.05, 0.1) is 17.9 Å². The molecule has 0 unspecified atom stereocenters. The highest BCUT2D eigenvalue weighted by atomic mass is 16.5. The smallest absolute Gasteiger partial charge is 0.102 e. The van der Waals surface area contributed by atoms with Gasteiger partial charge in [-0.05, 0) is 30.9 Å². The van der Waals surface area contributed by atoms with Gasteiger partial charge in [0.2, 0.25) is 0 Å². The molecule has 0 aliphatic heterocycles. The Bertz CT molecular complexity index is 407. The zero-order valence-corrected chi connectivity index (χ0v) is 11.5. The zero-order valence-electron chi connectivity index (χ0n) is 11.5. The third kappa shape index (κ3) is 4.77. The summed E-state index contributed by atoms with van der Waals surface area (Å²) in [6.45, 7) is 8.53. The quantitative estimate of drug-likeness (QED) is 0.750. The van der Waals surface area contributed by atoms with Gasteiger partial charge in [-0.25, -0.2) is 0 Å². The predicted molar refractivity (Wildman–Crippen MR) is 74.7 cm³/mol. The van der Waals surface area contributed by atoms with Gasteiger partial charge in [-0.15, -0.1) is 0 Å². The number of anilines is 1. The van der Waals surface area contributed by atoms with Crippen molar-refractivity contribution in [3.8, 4) is 6.07 Å². The molecule has 0 heterocycles. The fourth-order valence-corrected chi connectivity index (χ4v) is 1.64. The molecule has 18 heavy (non-hydrogen) atoms. The van der Waals surface area contributed by atoms with E-state index in [0.29, 0.717) is 12.5 Å². The normalized spacial score (nSPS) is 10.4. The number of rotatable bonds is 7. The molecule has 0 saturated carbocycles. The van der Waals surface area contributed by atoms with E-state index in [1.807, 2.05) is 25.1 Å². The largest absolute Gasteiger partial charge is 0.382 e. The second kappa shape index (κ2) is 7.73. The molecule has 0 amide bonds. The van der Waals surface area contributed by atoms with Crippen LogP contribution in [0.3, 0.4) is 0 Å². The van der Waals surface area contributed by atoms with Crippen molar-refractivity contribution in [2.75, 3.05) is 25.1 Å². The molecule has 0 bridgehead atoms. The van der Waals surface area contributed by atoms with E-state index in [0.717, 1.165) is 36.4 Å². The first-order valence-corrected chi connectivity index (χ1v) is 6.46. The van der Waals surface area contributed by atoms with Gasteiger partial charge in [-0.1, -0.05) is 26.0 Å². The highest BCUT2D eigenvalue weighted by molar-refractivity contribution is 5.60. The number of aryl methyl sites for hydroxylation is 1. The molecule has 0 aliphatic rings. The first kappa shape index (κ1) is 14.5.